The molecular formula is C13H26NO3+. The minimum absolute atomic E-state index is 0.0746. The van der Waals surface area contributed by atoms with Crippen LogP contribution in [0.25, 0.3) is 0 Å². The number of ether oxygens (including phenoxy) is 1. The van der Waals surface area contributed by atoms with E-state index in [0.717, 1.165) is 11.0 Å². The van der Waals surface area contributed by atoms with Crippen molar-refractivity contribution in [3.63, 3.8) is 0 Å². The van der Waals surface area contributed by atoms with Crippen molar-refractivity contribution in [3.8, 4) is 0 Å². The SMILES string of the molecule is CCOC(=O)C(C)CC(C[N+](C)(C)C)C(C)=O. The Balaban J connectivity index is 4.45. The van der Waals surface area contributed by atoms with E-state index in [1.807, 2.05) is 28.1 Å². The molecule has 0 fully saturated rings. The average Bonchev–Trinajstić information content (AvgIpc) is 2.14. The van der Waals surface area contributed by atoms with Crippen LogP contribution in [0.2, 0.25) is 0 Å². The summed E-state index contributed by atoms with van der Waals surface area (Å²) in [6.45, 7) is 6.35. The minimum atomic E-state index is -0.213. The standard InChI is InChI=1S/C13H26NO3/c1-7-17-13(16)10(2)8-12(11(3)15)9-14(4,5)6/h10,12H,7-9H2,1-6H3/q+1. The number of rotatable bonds is 7. The number of hydrogen-bond acceptors (Lipinski definition) is 3. The van der Waals surface area contributed by atoms with Gasteiger partial charge in [0, 0.05) is 0 Å². The van der Waals surface area contributed by atoms with Crippen LogP contribution in [0.1, 0.15) is 27.2 Å². The predicted octanol–water partition coefficient (Wildman–Crippen LogP) is 1.49. The van der Waals surface area contributed by atoms with E-state index in [4.69, 9.17) is 4.74 Å². The molecule has 0 aromatic carbocycles. The van der Waals surface area contributed by atoms with E-state index in [0.29, 0.717) is 13.0 Å². The molecule has 0 bridgehead atoms. The molecule has 0 aliphatic carbocycles. The van der Waals surface area contributed by atoms with Crippen molar-refractivity contribution in [2.45, 2.75) is 27.2 Å². The van der Waals surface area contributed by atoms with Gasteiger partial charge in [-0.3, -0.25) is 9.59 Å². The first-order valence-electron chi connectivity index (χ1n) is 6.15. The van der Waals surface area contributed by atoms with Crippen LogP contribution < -0.4 is 0 Å². The molecule has 0 rings (SSSR count). The van der Waals surface area contributed by atoms with Crippen molar-refractivity contribution < 1.29 is 18.8 Å². The molecule has 0 spiro atoms. The predicted molar refractivity (Wildman–Crippen MR) is 67.5 cm³/mol. The number of carbonyl (C=O) groups is 2. The lowest BCUT2D eigenvalue weighted by Gasteiger charge is -2.29. The molecule has 0 saturated carbocycles. The lowest BCUT2D eigenvalue weighted by Crippen LogP contribution is -2.42. The molecule has 0 N–H and O–H groups in total. The zero-order chi connectivity index (χ0) is 13.6. The fraction of sp³-hybridized carbons (Fsp3) is 0.846. The maximum absolute atomic E-state index is 11.6. The first kappa shape index (κ1) is 16.1. The number of hydrogen-bond donors (Lipinski definition) is 0. The Morgan fingerprint density at radius 3 is 2.12 bits per heavy atom. The second kappa shape index (κ2) is 6.74. The van der Waals surface area contributed by atoms with Crippen LogP contribution in [0, 0.1) is 11.8 Å². The summed E-state index contributed by atoms with van der Waals surface area (Å²) in [5.41, 5.74) is 0. The number of carbonyl (C=O) groups excluding carboxylic acids is 2. The van der Waals surface area contributed by atoms with Crippen LogP contribution in [0.5, 0.6) is 0 Å². The Morgan fingerprint density at radius 1 is 1.24 bits per heavy atom. The second-order valence-corrected chi connectivity index (χ2v) is 5.67. The van der Waals surface area contributed by atoms with Gasteiger partial charge >= 0.3 is 5.97 Å². The quantitative estimate of drug-likeness (QED) is 0.503. The third-order valence-electron chi connectivity index (χ3n) is 2.67. The van der Waals surface area contributed by atoms with E-state index >= 15 is 0 Å². The molecule has 0 aliphatic heterocycles. The molecule has 100 valence electrons. The first-order valence-corrected chi connectivity index (χ1v) is 6.15. The molecule has 17 heavy (non-hydrogen) atoms. The summed E-state index contributed by atoms with van der Waals surface area (Å²) in [6.07, 6.45) is 0.573. The molecule has 2 atom stereocenters. The van der Waals surface area contributed by atoms with Gasteiger partial charge in [0.15, 0.2) is 0 Å². The Kier molecular flexibility index (Phi) is 6.39. The van der Waals surface area contributed by atoms with E-state index in [2.05, 4.69) is 0 Å². The summed E-state index contributed by atoms with van der Waals surface area (Å²) >= 11 is 0. The molecule has 0 aromatic rings. The van der Waals surface area contributed by atoms with Crippen LogP contribution in [-0.2, 0) is 14.3 Å². The molecule has 4 heteroatoms. The number of ketones is 1. The molecule has 0 radical (unpaired) electrons. The van der Waals surface area contributed by atoms with E-state index < -0.39 is 0 Å². The second-order valence-electron chi connectivity index (χ2n) is 5.67. The molecule has 0 aromatic heterocycles. The highest BCUT2D eigenvalue weighted by atomic mass is 16.5. The molecule has 0 amide bonds. The number of esters is 1. The van der Waals surface area contributed by atoms with E-state index in [9.17, 15) is 9.59 Å². The zero-order valence-corrected chi connectivity index (χ0v) is 11.9. The van der Waals surface area contributed by atoms with Gasteiger partial charge in [-0.25, -0.2) is 0 Å². The largest absolute Gasteiger partial charge is 0.466 e. The van der Waals surface area contributed by atoms with E-state index in [1.165, 1.54) is 0 Å². The fourth-order valence-electron chi connectivity index (χ4n) is 1.84. The summed E-state index contributed by atoms with van der Waals surface area (Å²) in [7, 11) is 6.14. The lowest BCUT2D eigenvalue weighted by atomic mass is 9.92. The van der Waals surface area contributed by atoms with Crippen LogP contribution in [-0.4, -0.2) is 50.5 Å². The van der Waals surface area contributed by atoms with Crippen molar-refractivity contribution in [2.75, 3.05) is 34.3 Å². The average molecular weight is 244 g/mol. The van der Waals surface area contributed by atoms with Gasteiger partial charge in [-0.2, -0.15) is 0 Å². The van der Waals surface area contributed by atoms with Gasteiger partial charge < -0.3 is 9.22 Å². The van der Waals surface area contributed by atoms with Gasteiger partial charge in [0.05, 0.1) is 46.1 Å². The number of quaternary nitrogens is 1. The van der Waals surface area contributed by atoms with Gasteiger partial charge in [0.1, 0.15) is 5.78 Å². The zero-order valence-electron chi connectivity index (χ0n) is 11.9. The minimum Gasteiger partial charge on any atom is -0.466 e. The molecule has 0 heterocycles. The van der Waals surface area contributed by atoms with Gasteiger partial charge in [0.25, 0.3) is 0 Å². The molecule has 4 nitrogen and oxygen atoms in total. The smallest absolute Gasteiger partial charge is 0.308 e. The van der Waals surface area contributed by atoms with Crippen molar-refractivity contribution in [1.29, 1.82) is 0 Å². The highest BCUT2D eigenvalue weighted by Gasteiger charge is 2.27. The molecular weight excluding hydrogens is 218 g/mol. The van der Waals surface area contributed by atoms with Gasteiger partial charge in [-0.15, -0.1) is 0 Å². The summed E-state index contributed by atoms with van der Waals surface area (Å²) in [4.78, 5) is 23.1. The monoisotopic (exact) mass is 244 g/mol. The van der Waals surface area contributed by atoms with Crippen molar-refractivity contribution in [2.24, 2.45) is 11.8 Å². The fourth-order valence-corrected chi connectivity index (χ4v) is 1.84. The van der Waals surface area contributed by atoms with Crippen molar-refractivity contribution in [1.82, 2.24) is 0 Å². The number of Topliss-reactive ketones (excluding diaryl/α,β-unsaturated/α-hetero) is 1. The first-order chi connectivity index (χ1) is 7.67. The van der Waals surface area contributed by atoms with E-state index in [1.54, 1.807) is 13.8 Å². The van der Waals surface area contributed by atoms with Crippen molar-refractivity contribution >= 4 is 11.8 Å². The molecule has 0 aliphatic rings. The lowest BCUT2D eigenvalue weighted by molar-refractivity contribution is -0.872. The van der Waals surface area contributed by atoms with Crippen LogP contribution >= 0.6 is 0 Å². The Morgan fingerprint density at radius 2 is 1.76 bits per heavy atom. The molecule has 0 saturated heterocycles. The Labute approximate surface area is 105 Å². The highest BCUT2D eigenvalue weighted by molar-refractivity contribution is 5.79. The van der Waals surface area contributed by atoms with Crippen LogP contribution in [0.15, 0.2) is 0 Å². The summed E-state index contributed by atoms with van der Waals surface area (Å²) in [6, 6.07) is 0. The van der Waals surface area contributed by atoms with Gasteiger partial charge in [-0.1, -0.05) is 6.92 Å². The molecule has 2 unspecified atom stereocenters. The number of nitrogens with zero attached hydrogens (tertiary/aromatic N) is 1. The van der Waals surface area contributed by atoms with Gasteiger partial charge in [-0.05, 0) is 20.3 Å². The van der Waals surface area contributed by atoms with Crippen molar-refractivity contribution in [3.05, 3.63) is 0 Å². The Bertz CT molecular complexity index is 268. The van der Waals surface area contributed by atoms with Gasteiger partial charge in [0.2, 0.25) is 0 Å². The normalized spacial score (nSPS) is 15.2. The maximum Gasteiger partial charge on any atom is 0.308 e. The van der Waals surface area contributed by atoms with E-state index in [-0.39, 0.29) is 23.6 Å². The third-order valence-corrected chi connectivity index (χ3v) is 2.67. The highest BCUT2D eigenvalue weighted by Crippen LogP contribution is 2.17. The Hall–Kier alpha value is -0.900. The van der Waals surface area contributed by atoms with Crippen LogP contribution in [0.4, 0.5) is 0 Å². The third kappa shape index (κ3) is 7.10. The maximum atomic E-state index is 11.6. The summed E-state index contributed by atoms with van der Waals surface area (Å²) < 4.78 is 5.68. The summed E-state index contributed by atoms with van der Waals surface area (Å²) in [5, 5.41) is 0. The topological polar surface area (TPSA) is 43.4 Å². The van der Waals surface area contributed by atoms with Crippen LogP contribution in [0.3, 0.4) is 0 Å². The summed E-state index contributed by atoms with van der Waals surface area (Å²) in [5.74, 6) is -0.348.